The van der Waals surface area contributed by atoms with Crippen LogP contribution in [0.4, 0.5) is 11.9 Å². The molecule has 1 amide bonds. The second-order valence-corrected chi connectivity index (χ2v) is 4.09. The Morgan fingerprint density at radius 2 is 2.20 bits per heavy atom. The third-order valence-electron chi connectivity index (χ3n) is 2.94. The number of hydrogen-bond donors (Lipinski definition) is 2. The van der Waals surface area contributed by atoms with E-state index in [0.717, 1.165) is 0 Å². The number of carbonyl (C=O) groups is 1. The molecule has 1 fully saturated rings. The van der Waals surface area contributed by atoms with E-state index in [1.165, 1.54) is 7.11 Å². The van der Waals surface area contributed by atoms with Crippen LogP contribution in [0.3, 0.4) is 0 Å². The minimum absolute atomic E-state index is 0.143. The van der Waals surface area contributed by atoms with Crippen LogP contribution in [0.2, 0.25) is 0 Å². The van der Waals surface area contributed by atoms with Gasteiger partial charge in [-0.05, 0) is 0 Å². The first-order chi connectivity index (χ1) is 9.69. The molecule has 0 spiro atoms. The summed E-state index contributed by atoms with van der Waals surface area (Å²) in [4.78, 5) is 26.2. The molecule has 20 heavy (non-hydrogen) atoms. The minimum atomic E-state index is -0.467. The Morgan fingerprint density at radius 3 is 2.85 bits per heavy atom. The van der Waals surface area contributed by atoms with E-state index in [1.807, 2.05) is 0 Å². The maximum absolute atomic E-state index is 11.9. The summed E-state index contributed by atoms with van der Waals surface area (Å²) in [5.41, 5.74) is 0. The van der Waals surface area contributed by atoms with E-state index < -0.39 is 6.04 Å². The lowest BCUT2D eigenvalue weighted by Gasteiger charge is -2.34. The quantitative estimate of drug-likeness (QED) is 0.715. The Balaban J connectivity index is 2.33. The smallest absolute Gasteiger partial charge is 0.322 e. The maximum atomic E-state index is 11.9. The van der Waals surface area contributed by atoms with Crippen molar-refractivity contribution in [3.8, 4) is 6.01 Å². The molecule has 110 valence electrons. The Labute approximate surface area is 116 Å². The van der Waals surface area contributed by atoms with E-state index in [1.54, 1.807) is 19.0 Å². The van der Waals surface area contributed by atoms with Crippen LogP contribution in [0.15, 0.2) is 0 Å². The number of nitrogens with one attached hydrogen (secondary N) is 2. The number of morpholine rings is 1. The van der Waals surface area contributed by atoms with Gasteiger partial charge in [0.05, 0.1) is 20.3 Å². The normalized spacial score (nSPS) is 18.6. The van der Waals surface area contributed by atoms with Crippen molar-refractivity contribution in [3.63, 3.8) is 0 Å². The van der Waals surface area contributed by atoms with Crippen molar-refractivity contribution in [2.24, 2.45) is 0 Å². The molecule has 0 radical (unpaired) electrons. The predicted octanol–water partition coefficient (Wildman–Crippen LogP) is -1.13. The number of hydrogen-bond acceptors (Lipinski definition) is 8. The third-order valence-corrected chi connectivity index (χ3v) is 2.94. The fourth-order valence-corrected chi connectivity index (χ4v) is 1.90. The first-order valence-corrected chi connectivity index (χ1v) is 6.23. The van der Waals surface area contributed by atoms with Crippen LogP contribution in [-0.2, 0) is 9.53 Å². The van der Waals surface area contributed by atoms with Crippen LogP contribution in [0.1, 0.15) is 0 Å². The summed E-state index contributed by atoms with van der Waals surface area (Å²) in [6.45, 7) is 1.33. The van der Waals surface area contributed by atoms with Gasteiger partial charge in [-0.1, -0.05) is 0 Å². The van der Waals surface area contributed by atoms with Crippen LogP contribution in [0, 0.1) is 0 Å². The van der Waals surface area contributed by atoms with Crippen molar-refractivity contribution < 1.29 is 14.3 Å². The highest BCUT2D eigenvalue weighted by Crippen LogP contribution is 2.19. The number of carbonyl (C=O) groups excluding carboxylic acids is 1. The average molecular weight is 282 g/mol. The van der Waals surface area contributed by atoms with Gasteiger partial charge in [0.1, 0.15) is 6.04 Å². The lowest BCUT2D eigenvalue weighted by atomic mass is 10.2. The van der Waals surface area contributed by atoms with Gasteiger partial charge < -0.3 is 25.0 Å². The number of ether oxygens (including phenoxy) is 2. The van der Waals surface area contributed by atoms with Crippen LogP contribution in [0.5, 0.6) is 6.01 Å². The van der Waals surface area contributed by atoms with Crippen LogP contribution in [-0.4, -0.2) is 67.9 Å². The van der Waals surface area contributed by atoms with E-state index in [-0.39, 0.29) is 11.9 Å². The Kier molecular flexibility index (Phi) is 4.51. The third kappa shape index (κ3) is 2.87. The van der Waals surface area contributed by atoms with E-state index in [4.69, 9.17) is 9.47 Å². The number of amides is 1. The number of anilines is 2. The van der Waals surface area contributed by atoms with E-state index >= 15 is 0 Å². The highest BCUT2D eigenvalue weighted by molar-refractivity contribution is 5.84. The molecular formula is C11H18N6O3. The zero-order valence-electron chi connectivity index (χ0n) is 11.7. The number of methoxy groups -OCH3 is 1. The molecule has 0 bridgehead atoms. The molecule has 1 aliphatic rings. The number of aromatic nitrogens is 3. The summed E-state index contributed by atoms with van der Waals surface area (Å²) < 4.78 is 10.4. The van der Waals surface area contributed by atoms with Crippen molar-refractivity contribution in [1.82, 2.24) is 20.3 Å². The number of nitrogens with zero attached hydrogens (tertiary/aromatic N) is 4. The lowest BCUT2D eigenvalue weighted by Crippen LogP contribution is -2.54. The molecule has 1 aliphatic heterocycles. The molecule has 1 aromatic heterocycles. The summed E-state index contributed by atoms with van der Waals surface area (Å²) >= 11 is 0. The second kappa shape index (κ2) is 6.33. The van der Waals surface area contributed by atoms with E-state index in [2.05, 4.69) is 25.6 Å². The summed E-state index contributed by atoms with van der Waals surface area (Å²) in [6.07, 6.45) is 0. The maximum Gasteiger partial charge on any atom is 0.322 e. The van der Waals surface area contributed by atoms with Crippen LogP contribution < -0.4 is 20.3 Å². The molecule has 0 saturated carbocycles. The molecule has 0 aromatic carbocycles. The molecule has 9 nitrogen and oxygen atoms in total. The van der Waals surface area contributed by atoms with Gasteiger partial charge in [-0.3, -0.25) is 4.79 Å². The molecule has 1 saturated heterocycles. The van der Waals surface area contributed by atoms with Gasteiger partial charge >= 0.3 is 6.01 Å². The van der Waals surface area contributed by atoms with Crippen molar-refractivity contribution in [1.29, 1.82) is 0 Å². The Morgan fingerprint density at radius 1 is 1.40 bits per heavy atom. The Hall–Kier alpha value is -2.16. The van der Waals surface area contributed by atoms with Gasteiger partial charge in [0.15, 0.2) is 0 Å². The summed E-state index contributed by atoms with van der Waals surface area (Å²) in [5.74, 6) is 0.627. The minimum Gasteiger partial charge on any atom is -0.467 e. The molecule has 2 N–H and O–H groups in total. The van der Waals surface area contributed by atoms with Gasteiger partial charge in [-0.15, -0.1) is 0 Å². The highest BCUT2D eigenvalue weighted by Gasteiger charge is 2.31. The molecule has 2 heterocycles. The standard InChI is InChI=1S/C11H18N6O3/c1-12-8(18)7-6-20-5-4-17(7)10-14-9(13-2)15-11(16-10)19-3/h7H,4-6H2,1-3H3,(H,12,18)(H,13,14,15,16). The summed E-state index contributed by atoms with van der Waals surface area (Å²) in [5, 5.41) is 5.45. The van der Waals surface area contributed by atoms with Crippen LogP contribution in [0.25, 0.3) is 0 Å². The van der Waals surface area contributed by atoms with E-state index in [9.17, 15) is 4.79 Å². The first kappa shape index (κ1) is 14.3. The molecule has 1 atom stereocenters. The fraction of sp³-hybridized carbons (Fsp3) is 0.636. The second-order valence-electron chi connectivity index (χ2n) is 4.09. The highest BCUT2D eigenvalue weighted by atomic mass is 16.5. The molecule has 1 unspecified atom stereocenters. The van der Waals surface area contributed by atoms with Crippen LogP contribution >= 0.6 is 0 Å². The molecule has 2 rings (SSSR count). The van der Waals surface area contributed by atoms with Gasteiger partial charge in [0.2, 0.25) is 17.8 Å². The predicted molar refractivity (Wildman–Crippen MR) is 71.9 cm³/mol. The average Bonchev–Trinajstić information content (AvgIpc) is 2.53. The van der Waals surface area contributed by atoms with Crippen molar-refractivity contribution in [3.05, 3.63) is 0 Å². The van der Waals surface area contributed by atoms with Crippen molar-refractivity contribution >= 4 is 17.8 Å². The number of rotatable bonds is 4. The van der Waals surface area contributed by atoms with Gasteiger partial charge in [-0.25, -0.2) is 0 Å². The van der Waals surface area contributed by atoms with Crippen molar-refractivity contribution in [2.45, 2.75) is 6.04 Å². The van der Waals surface area contributed by atoms with Crippen molar-refractivity contribution in [2.75, 3.05) is 51.2 Å². The van der Waals surface area contributed by atoms with Gasteiger partial charge in [0, 0.05) is 20.6 Å². The Bertz CT molecular complexity index is 461. The fourth-order valence-electron chi connectivity index (χ4n) is 1.90. The topological polar surface area (TPSA) is 102 Å². The molecule has 0 aliphatic carbocycles. The number of likely N-dealkylation sites (N-methyl/N-ethyl adjacent to an activating group) is 1. The largest absolute Gasteiger partial charge is 0.467 e. The summed E-state index contributed by atoms with van der Waals surface area (Å²) in [6, 6.07) is -0.271. The first-order valence-electron chi connectivity index (χ1n) is 6.23. The molecular weight excluding hydrogens is 264 g/mol. The zero-order valence-corrected chi connectivity index (χ0v) is 11.7. The monoisotopic (exact) mass is 282 g/mol. The molecule has 9 heteroatoms. The van der Waals surface area contributed by atoms with Gasteiger partial charge in [0.25, 0.3) is 0 Å². The summed E-state index contributed by atoms with van der Waals surface area (Å²) in [7, 11) is 4.77. The van der Waals surface area contributed by atoms with E-state index in [0.29, 0.717) is 31.7 Å². The lowest BCUT2D eigenvalue weighted by molar-refractivity contribution is -0.124. The van der Waals surface area contributed by atoms with Gasteiger partial charge in [-0.2, -0.15) is 15.0 Å². The zero-order chi connectivity index (χ0) is 14.5. The molecule has 1 aromatic rings. The SMILES string of the molecule is CNC(=O)C1COCCN1c1nc(NC)nc(OC)n1.